The van der Waals surface area contributed by atoms with E-state index in [0.29, 0.717) is 12.5 Å². The molecule has 2 aliphatic carbocycles. The minimum Gasteiger partial charge on any atom is -0.339 e. The summed E-state index contributed by atoms with van der Waals surface area (Å²) in [5.74, 6) is 4.00. The molecule has 4 heteroatoms. The number of aryl methyl sites for hydroxylation is 1. The first-order valence-corrected chi connectivity index (χ1v) is 6.42. The van der Waals surface area contributed by atoms with E-state index in [1.54, 1.807) is 0 Å². The van der Waals surface area contributed by atoms with Gasteiger partial charge in [0.05, 0.1) is 0 Å². The van der Waals surface area contributed by atoms with Crippen LogP contribution in [-0.2, 0) is 6.42 Å². The third-order valence-corrected chi connectivity index (χ3v) is 4.03. The van der Waals surface area contributed by atoms with Gasteiger partial charge < -0.3 is 10.3 Å². The quantitative estimate of drug-likeness (QED) is 0.842. The Kier molecular flexibility index (Phi) is 2.67. The van der Waals surface area contributed by atoms with Crippen molar-refractivity contribution < 1.29 is 4.52 Å². The topological polar surface area (TPSA) is 64.9 Å². The van der Waals surface area contributed by atoms with E-state index in [-0.39, 0.29) is 0 Å². The van der Waals surface area contributed by atoms with Gasteiger partial charge in [0, 0.05) is 12.3 Å². The van der Waals surface area contributed by atoms with Crippen molar-refractivity contribution in [2.24, 2.45) is 17.6 Å². The summed E-state index contributed by atoms with van der Waals surface area (Å²) in [5.41, 5.74) is 5.46. The van der Waals surface area contributed by atoms with E-state index < -0.39 is 0 Å². The zero-order chi connectivity index (χ0) is 11.0. The van der Waals surface area contributed by atoms with Gasteiger partial charge in [-0.3, -0.25) is 0 Å². The van der Waals surface area contributed by atoms with Gasteiger partial charge in [0.25, 0.3) is 0 Å². The second-order valence-electron chi connectivity index (χ2n) is 5.08. The highest BCUT2D eigenvalue weighted by molar-refractivity contribution is 5.14. The van der Waals surface area contributed by atoms with Crippen LogP contribution < -0.4 is 5.73 Å². The summed E-state index contributed by atoms with van der Waals surface area (Å²) in [6.07, 6.45) is 7.27. The van der Waals surface area contributed by atoms with Gasteiger partial charge in [0.15, 0.2) is 5.82 Å². The van der Waals surface area contributed by atoms with E-state index in [2.05, 4.69) is 10.1 Å². The lowest BCUT2D eigenvalue weighted by atomic mass is 10.0. The minimum atomic E-state index is 0.585. The van der Waals surface area contributed by atoms with Crippen LogP contribution in [0.4, 0.5) is 0 Å². The molecule has 2 N–H and O–H groups in total. The molecule has 0 amide bonds. The minimum absolute atomic E-state index is 0.585. The van der Waals surface area contributed by atoms with Crippen molar-refractivity contribution in [3.8, 4) is 0 Å². The van der Waals surface area contributed by atoms with Crippen molar-refractivity contribution in [1.82, 2.24) is 10.1 Å². The SMILES string of the molecule is NCCCc1noc(C2C3CCCCC32)n1. The summed E-state index contributed by atoms with van der Waals surface area (Å²) in [5, 5.41) is 4.03. The highest BCUT2D eigenvalue weighted by Gasteiger charge is 2.54. The van der Waals surface area contributed by atoms with Crippen molar-refractivity contribution >= 4 is 0 Å². The van der Waals surface area contributed by atoms with Gasteiger partial charge in [-0.15, -0.1) is 0 Å². The van der Waals surface area contributed by atoms with Crippen molar-refractivity contribution in [3.05, 3.63) is 11.7 Å². The molecule has 16 heavy (non-hydrogen) atoms. The van der Waals surface area contributed by atoms with E-state index in [1.165, 1.54) is 25.7 Å². The molecule has 1 aromatic heterocycles. The maximum absolute atomic E-state index is 5.46. The van der Waals surface area contributed by atoms with Crippen LogP contribution in [0.3, 0.4) is 0 Å². The third kappa shape index (κ3) is 1.75. The Morgan fingerprint density at radius 1 is 1.25 bits per heavy atom. The molecule has 2 fully saturated rings. The fourth-order valence-electron chi connectivity index (χ4n) is 3.12. The molecular formula is C12H19N3O. The zero-order valence-electron chi connectivity index (χ0n) is 9.56. The van der Waals surface area contributed by atoms with Gasteiger partial charge >= 0.3 is 0 Å². The average molecular weight is 221 g/mol. The fourth-order valence-corrected chi connectivity index (χ4v) is 3.12. The Morgan fingerprint density at radius 2 is 2.00 bits per heavy atom. The standard InChI is InChI=1S/C12H19N3O/c13-7-3-6-10-14-12(16-15-10)11-8-4-1-2-5-9(8)11/h8-9,11H,1-7,13H2. The van der Waals surface area contributed by atoms with Crippen molar-refractivity contribution in [2.75, 3.05) is 6.54 Å². The predicted molar refractivity (Wildman–Crippen MR) is 59.9 cm³/mol. The Hall–Kier alpha value is -0.900. The van der Waals surface area contributed by atoms with Gasteiger partial charge in [-0.25, -0.2) is 0 Å². The lowest BCUT2D eigenvalue weighted by Gasteiger charge is -2.04. The number of aromatic nitrogens is 2. The summed E-state index contributed by atoms with van der Waals surface area (Å²) in [6, 6.07) is 0. The molecule has 1 aromatic rings. The lowest BCUT2D eigenvalue weighted by Crippen LogP contribution is -2.01. The van der Waals surface area contributed by atoms with Crippen LogP contribution in [0.5, 0.6) is 0 Å². The second kappa shape index (κ2) is 4.17. The molecule has 2 atom stereocenters. The first-order valence-electron chi connectivity index (χ1n) is 6.42. The third-order valence-electron chi connectivity index (χ3n) is 4.03. The predicted octanol–water partition coefficient (Wildman–Crippen LogP) is 1.86. The van der Waals surface area contributed by atoms with E-state index in [9.17, 15) is 0 Å². The number of rotatable bonds is 4. The Bertz CT molecular complexity index is 351. The van der Waals surface area contributed by atoms with E-state index in [4.69, 9.17) is 10.3 Å². The van der Waals surface area contributed by atoms with Gasteiger partial charge in [-0.1, -0.05) is 18.0 Å². The van der Waals surface area contributed by atoms with E-state index >= 15 is 0 Å². The van der Waals surface area contributed by atoms with Gasteiger partial charge in [0.1, 0.15) is 0 Å². The molecule has 0 radical (unpaired) electrons. The summed E-state index contributed by atoms with van der Waals surface area (Å²) in [6.45, 7) is 0.693. The van der Waals surface area contributed by atoms with Crippen LogP contribution in [0.15, 0.2) is 4.52 Å². The van der Waals surface area contributed by atoms with Crippen LogP contribution in [0.25, 0.3) is 0 Å². The fraction of sp³-hybridized carbons (Fsp3) is 0.833. The van der Waals surface area contributed by atoms with Crippen LogP contribution in [-0.4, -0.2) is 16.7 Å². The molecular weight excluding hydrogens is 202 g/mol. The van der Waals surface area contributed by atoms with Crippen molar-refractivity contribution in [3.63, 3.8) is 0 Å². The summed E-state index contributed by atoms with van der Waals surface area (Å²) in [4.78, 5) is 4.50. The molecule has 0 bridgehead atoms. The summed E-state index contributed by atoms with van der Waals surface area (Å²) in [7, 11) is 0. The molecule has 2 aliphatic rings. The molecule has 3 rings (SSSR count). The number of hydrogen-bond donors (Lipinski definition) is 1. The molecule has 1 heterocycles. The molecule has 0 aromatic carbocycles. The van der Waals surface area contributed by atoms with Crippen molar-refractivity contribution in [1.29, 1.82) is 0 Å². The second-order valence-corrected chi connectivity index (χ2v) is 5.08. The van der Waals surface area contributed by atoms with Crippen LogP contribution >= 0.6 is 0 Å². The highest BCUT2D eigenvalue weighted by Crippen LogP contribution is 2.60. The molecule has 2 saturated carbocycles. The van der Waals surface area contributed by atoms with Crippen LogP contribution in [0.2, 0.25) is 0 Å². The first kappa shape index (κ1) is 10.3. The van der Waals surface area contributed by atoms with Gasteiger partial charge in [-0.2, -0.15) is 4.98 Å². The van der Waals surface area contributed by atoms with Gasteiger partial charge in [-0.05, 0) is 37.6 Å². The average Bonchev–Trinajstić information content (AvgIpc) is 2.87. The largest absolute Gasteiger partial charge is 0.339 e. The molecule has 0 saturated heterocycles. The van der Waals surface area contributed by atoms with E-state index in [0.717, 1.165) is 36.4 Å². The molecule has 4 nitrogen and oxygen atoms in total. The molecule has 0 aliphatic heterocycles. The number of hydrogen-bond acceptors (Lipinski definition) is 4. The maximum Gasteiger partial charge on any atom is 0.230 e. The number of nitrogens with zero attached hydrogens (tertiary/aromatic N) is 2. The number of fused-ring (bicyclic) bond motifs is 1. The van der Waals surface area contributed by atoms with E-state index in [1.807, 2.05) is 0 Å². The molecule has 0 spiro atoms. The normalized spacial score (nSPS) is 32.4. The molecule has 2 unspecified atom stereocenters. The summed E-state index contributed by atoms with van der Waals surface area (Å²) < 4.78 is 5.38. The van der Waals surface area contributed by atoms with Crippen LogP contribution in [0.1, 0.15) is 49.7 Å². The smallest absolute Gasteiger partial charge is 0.230 e. The first-order chi connectivity index (χ1) is 7.90. The van der Waals surface area contributed by atoms with Crippen molar-refractivity contribution in [2.45, 2.75) is 44.4 Å². The summed E-state index contributed by atoms with van der Waals surface area (Å²) >= 11 is 0. The number of nitrogens with two attached hydrogens (primary N) is 1. The van der Waals surface area contributed by atoms with Crippen LogP contribution in [0, 0.1) is 11.8 Å². The Labute approximate surface area is 95.6 Å². The Morgan fingerprint density at radius 3 is 2.69 bits per heavy atom. The molecule has 88 valence electrons. The highest BCUT2D eigenvalue weighted by atomic mass is 16.5. The maximum atomic E-state index is 5.46. The lowest BCUT2D eigenvalue weighted by molar-refractivity contribution is 0.367. The zero-order valence-corrected chi connectivity index (χ0v) is 9.56. The monoisotopic (exact) mass is 221 g/mol. The van der Waals surface area contributed by atoms with Gasteiger partial charge in [0.2, 0.25) is 5.89 Å². The Balaban J connectivity index is 1.64.